The maximum absolute atomic E-state index is 13.2. The minimum absolute atomic E-state index is 0.0339. The summed E-state index contributed by atoms with van der Waals surface area (Å²) >= 11 is 0. The summed E-state index contributed by atoms with van der Waals surface area (Å²) in [6.07, 6.45) is 1.49. The number of non-ortho nitro benzene ring substituents is 1. The molecule has 2 heterocycles. The van der Waals surface area contributed by atoms with Crippen LogP contribution in [-0.2, 0) is 16.1 Å². The highest BCUT2D eigenvalue weighted by molar-refractivity contribution is 6.19. The molecule has 0 fully saturated rings. The normalized spacial score (nSPS) is 15.2. The molecular weight excluding hydrogens is 422 g/mol. The van der Waals surface area contributed by atoms with Gasteiger partial charge in [-0.05, 0) is 48.4 Å². The summed E-state index contributed by atoms with van der Waals surface area (Å²) in [5.74, 6) is -0.350. The Morgan fingerprint density at radius 2 is 1.73 bits per heavy atom. The van der Waals surface area contributed by atoms with E-state index in [0.29, 0.717) is 17.1 Å². The van der Waals surface area contributed by atoms with Crippen LogP contribution in [0.3, 0.4) is 0 Å². The number of furan rings is 1. The number of carbonyl (C=O) groups is 2. The van der Waals surface area contributed by atoms with Crippen molar-refractivity contribution >= 4 is 23.6 Å². The number of imide groups is 1. The first-order valence-corrected chi connectivity index (χ1v) is 9.97. The molecule has 4 rings (SSSR count). The van der Waals surface area contributed by atoms with E-state index >= 15 is 0 Å². The van der Waals surface area contributed by atoms with E-state index in [2.05, 4.69) is 0 Å². The average Bonchev–Trinajstić information content (AvgIpc) is 3.29. The molecule has 1 aromatic heterocycles. The molecule has 0 spiro atoms. The minimum Gasteiger partial charge on any atom is -0.457 e. The Morgan fingerprint density at radius 1 is 1.03 bits per heavy atom. The Labute approximate surface area is 188 Å². The van der Waals surface area contributed by atoms with Crippen molar-refractivity contribution in [2.45, 2.75) is 13.5 Å². The predicted octanol–water partition coefficient (Wildman–Crippen LogP) is 4.65. The zero-order valence-corrected chi connectivity index (χ0v) is 17.5. The number of nitriles is 1. The van der Waals surface area contributed by atoms with Crippen LogP contribution in [0.2, 0.25) is 0 Å². The van der Waals surface area contributed by atoms with Crippen molar-refractivity contribution in [1.29, 1.82) is 5.26 Å². The molecule has 3 aromatic rings. The number of carbonyl (C=O) groups excluding carboxylic acids is 2. The molecule has 0 saturated carbocycles. The van der Waals surface area contributed by atoms with E-state index in [-0.39, 0.29) is 29.0 Å². The molecule has 0 bridgehead atoms. The minimum atomic E-state index is -0.632. The zero-order valence-electron chi connectivity index (χ0n) is 17.5. The molecule has 1 aliphatic heterocycles. The molecule has 2 amide bonds. The van der Waals surface area contributed by atoms with Gasteiger partial charge in [0.15, 0.2) is 0 Å². The van der Waals surface area contributed by atoms with Gasteiger partial charge in [0, 0.05) is 23.3 Å². The maximum Gasteiger partial charge on any atom is 0.271 e. The van der Waals surface area contributed by atoms with Crippen molar-refractivity contribution in [3.63, 3.8) is 0 Å². The smallest absolute Gasteiger partial charge is 0.271 e. The summed E-state index contributed by atoms with van der Waals surface area (Å²) in [6.45, 7) is 1.60. The van der Waals surface area contributed by atoms with Crippen molar-refractivity contribution in [3.8, 4) is 17.4 Å². The molecule has 1 aliphatic rings. The van der Waals surface area contributed by atoms with Gasteiger partial charge in [0.2, 0.25) is 0 Å². The third-order valence-corrected chi connectivity index (χ3v) is 5.28. The second-order valence-corrected chi connectivity index (χ2v) is 7.36. The second kappa shape index (κ2) is 8.77. The number of amides is 2. The predicted molar refractivity (Wildman–Crippen MR) is 119 cm³/mol. The lowest BCUT2D eigenvalue weighted by Crippen LogP contribution is -2.42. The van der Waals surface area contributed by atoms with Crippen LogP contribution >= 0.6 is 0 Å². The summed E-state index contributed by atoms with van der Waals surface area (Å²) in [7, 11) is 0. The van der Waals surface area contributed by atoms with E-state index in [1.54, 1.807) is 55.5 Å². The monoisotopic (exact) mass is 439 g/mol. The van der Waals surface area contributed by atoms with E-state index in [1.807, 2.05) is 12.1 Å². The van der Waals surface area contributed by atoms with Gasteiger partial charge >= 0.3 is 0 Å². The molecule has 2 aromatic carbocycles. The Hall–Kier alpha value is -4.77. The van der Waals surface area contributed by atoms with Crippen LogP contribution < -0.4 is 0 Å². The number of hydrogen-bond acceptors (Lipinski definition) is 6. The highest BCUT2D eigenvalue weighted by atomic mass is 16.6. The van der Waals surface area contributed by atoms with E-state index in [0.717, 1.165) is 10.5 Å². The fraction of sp³-hybridized carbons (Fsp3) is 0.0800. The van der Waals surface area contributed by atoms with Crippen LogP contribution in [0, 0.1) is 21.4 Å². The number of benzene rings is 2. The van der Waals surface area contributed by atoms with E-state index < -0.39 is 16.7 Å². The lowest BCUT2D eigenvalue weighted by molar-refractivity contribution is -0.384. The van der Waals surface area contributed by atoms with Crippen molar-refractivity contribution in [1.82, 2.24) is 4.90 Å². The zero-order chi connectivity index (χ0) is 23.5. The van der Waals surface area contributed by atoms with Gasteiger partial charge in [0.1, 0.15) is 23.2 Å². The van der Waals surface area contributed by atoms with Crippen LogP contribution in [0.25, 0.3) is 17.4 Å². The quantitative estimate of drug-likeness (QED) is 0.247. The Balaban J connectivity index is 1.68. The summed E-state index contributed by atoms with van der Waals surface area (Å²) in [4.78, 5) is 37.4. The molecular formula is C25H17N3O5. The highest BCUT2D eigenvalue weighted by Gasteiger charge is 2.35. The Morgan fingerprint density at radius 3 is 2.36 bits per heavy atom. The summed E-state index contributed by atoms with van der Waals surface area (Å²) in [6, 6.07) is 20.2. The standard InChI is InChI=1S/C25H17N3O5/c1-16-21(13-20-11-12-23(33-20)18-7-9-19(10-8-18)28(31)32)24(29)27(25(30)22(16)14-26)15-17-5-3-2-4-6-17/h2-13H,15H2,1H3/b21-13+. The van der Waals surface area contributed by atoms with Crippen LogP contribution in [-0.4, -0.2) is 21.6 Å². The maximum atomic E-state index is 13.2. The van der Waals surface area contributed by atoms with Crippen molar-refractivity contribution < 1.29 is 18.9 Å². The number of nitro groups is 1. The lowest BCUT2D eigenvalue weighted by atomic mass is 9.94. The molecule has 0 radical (unpaired) electrons. The fourth-order valence-electron chi connectivity index (χ4n) is 3.51. The first-order valence-electron chi connectivity index (χ1n) is 9.97. The molecule has 8 nitrogen and oxygen atoms in total. The molecule has 0 atom stereocenters. The van der Waals surface area contributed by atoms with Crippen molar-refractivity contribution in [2.75, 3.05) is 0 Å². The van der Waals surface area contributed by atoms with Gasteiger partial charge < -0.3 is 4.42 Å². The highest BCUT2D eigenvalue weighted by Crippen LogP contribution is 2.30. The Bertz CT molecular complexity index is 1360. The summed E-state index contributed by atoms with van der Waals surface area (Å²) in [5, 5.41) is 20.4. The number of nitrogens with zero attached hydrogens (tertiary/aromatic N) is 3. The largest absolute Gasteiger partial charge is 0.457 e. The van der Waals surface area contributed by atoms with Crippen LogP contribution in [0.4, 0.5) is 5.69 Å². The van der Waals surface area contributed by atoms with Crippen molar-refractivity contribution in [3.05, 3.63) is 105 Å². The second-order valence-electron chi connectivity index (χ2n) is 7.36. The molecule has 33 heavy (non-hydrogen) atoms. The molecule has 8 heteroatoms. The average molecular weight is 439 g/mol. The number of rotatable bonds is 5. The van der Waals surface area contributed by atoms with E-state index in [4.69, 9.17) is 4.42 Å². The first kappa shape index (κ1) is 21.5. The van der Waals surface area contributed by atoms with Gasteiger partial charge in [0.05, 0.1) is 11.5 Å². The topological polar surface area (TPSA) is 117 Å². The number of nitro benzene ring substituents is 1. The van der Waals surface area contributed by atoms with Gasteiger partial charge in [-0.25, -0.2) is 0 Å². The van der Waals surface area contributed by atoms with Gasteiger partial charge in [-0.1, -0.05) is 30.3 Å². The summed E-state index contributed by atoms with van der Waals surface area (Å²) < 4.78 is 5.81. The SMILES string of the molecule is CC1=C(C#N)C(=O)N(Cc2ccccc2)C(=O)/C1=C/c1ccc(-c2ccc([N+](=O)[O-])cc2)o1. The van der Waals surface area contributed by atoms with E-state index in [1.165, 1.54) is 18.2 Å². The third-order valence-electron chi connectivity index (χ3n) is 5.28. The lowest BCUT2D eigenvalue weighted by Gasteiger charge is -2.27. The third kappa shape index (κ3) is 4.20. The number of hydrogen-bond donors (Lipinski definition) is 0. The van der Waals surface area contributed by atoms with Gasteiger partial charge in [-0.3, -0.25) is 24.6 Å². The van der Waals surface area contributed by atoms with Gasteiger partial charge in [0.25, 0.3) is 17.5 Å². The van der Waals surface area contributed by atoms with Gasteiger partial charge in [-0.2, -0.15) is 5.26 Å². The van der Waals surface area contributed by atoms with Gasteiger partial charge in [-0.15, -0.1) is 0 Å². The molecule has 0 saturated heterocycles. The molecule has 0 N–H and O–H groups in total. The molecule has 0 unspecified atom stereocenters. The molecule has 0 aliphatic carbocycles. The van der Waals surface area contributed by atoms with Crippen molar-refractivity contribution in [2.24, 2.45) is 0 Å². The fourth-order valence-corrected chi connectivity index (χ4v) is 3.51. The summed E-state index contributed by atoms with van der Waals surface area (Å²) in [5.41, 5.74) is 1.73. The van der Waals surface area contributed by atoms with Crippen LogP contribution in [0.1, 0.15) is 18.2 Å². The first-order chi connectivity index (χ1) is 15.9. The van der Waals surface area contributed by atoms with E-state index in [9.17, 15) is 25.0 Å². The van der Waals surface area contributed by atoms with Crippen LogP contribution in [0.15, 0.2) is 87.9 Å². The Kier molecular flexibility index (Phi) is 5.70. The van der Waals surface area contributed by atoms with Crippen LogP contribution in [0.5, 0.6) is 0 Å². The molecule has 162 valence electrons.